The number of hydrogen-bond donors (Lipinski definition) is 2. The molecular weight excluding hydrogens is 324 g/mol. The van der Waals surface area contributed by atoms with Gasteiger partial charge in [-0.15, -0.1) is 11.3 Å². The van der Waals surface area contributed by atoms with Crippen LogP contribution >= 0.6 is 23.6 Å². The summed E-state index contributed by atoms with van der Waals surface area (Å²) in [6.45, 7) is 3.95. The lowest BCUT2D eigenvalue weighted by Gasteiger charge is -2.09. The molecule has 2 N–H and O–H groups in total. The fourth-order valence-electron chi connectivity index (χ4n) is 2.07. The Morgan fingerprint density at radius 1 is 1.13 bits per heavy atom. The third-order valence-corrected chi connectivity index (χ3v) is 4.66. The molecule has 0 aliphatic rings. The van der Waals surface area contributed by atoms with Crippen LogP contribution in [-0.4, -0.2) is 15.8 Å². The summed E-state index contributed by atoms with van der Waals surface area (Å²) < 4.78 is 1.15. The molecule has 0 aliphatic carbocycles. The monoisotopic (exact) mass is 340 g/mol. The fourth-order valence-corrected chi connectivity index (χ4v) is 3.14. The molecule has 0 fully saturated rings. The van der Waals surface area contributed by atoms with Gasteiger partial charge in [0.15, 0.2) is 5.11 Å². The van der Waals surface area contributed by atoms with E-state index in [9.17, 15) is 0 Å². The molecule has 0 bridgehead atoms. The van der Waals surface area contributed by atoms with Crippen molar-refractivity contribution >= 4 is 50.3 Å². The highest BCUT2D eigenvalue weighted by molar-refractivity contribution is 7.80. The number of thiazole rings is 1. The van der Waals surface area contributed by atoms with Crippen LogP contribution in [0.1, 0.15) is 17.5 Å². The maximum atomic E-state index is 5.28. The highest BCUT2D eigenvalue weighted by Crippen LogP contribution is 2.21. The number of aromatic nitrogens is 1. The number of nitrogens with one attached hydrogen (secondary N) is 2. The van der Waals surface area contributed by atoms with Gasteiger partial charge < -0.3 is 5.32 Å². The van der Waals surface area contributed by atoms with Crippen LogP contribution in [-0.2, 0) is 0 Å². The lowest BCUT2D eigenvalue weighted by molar-refractivity contribution is 1.04. The Balaban J connectivity index is 1.69. The van der Waals surface area contributed by atoms with E-state index in [2.05, 4.69) is 26.9 Å². The van der Waals surface area contributed by atoms with Crippen LogP contribution in [0.25, 0.3) is 10.2 Å². The molecule has 1 aromatic heterocycles. The van der Waals surface area contributed by atoms with E-state index in [0.29, 0.717) is 5.11 Å². The number of para-hydroxylation sites is 2. The molecule has 0 saturated heterocycles. The molecule has 23 heavy (non-hydrogen) atoms. The molecule has 3 aromatic rings. The van der Waals surface area contributed by atoms with Crippen LogP contribution in [0.3, 0.4) is 0 Å². The molecule has 0 spiro atoms. The third-order valence-electron chi connectivity index (χ3n) is 3.32. The van der Waals surface area contributed by atoms with Crippen LogP contribution in [0, 0.1) is 6.92 Å². The molecular formula is C17H16N4S2. The second kappa shape index (κ2) is 6.85. The maximum Gasteiger partial charge on any atom is 0.191 e. The van der Waals surface area contributed by atoms with Gasteiger partial charge >= 0.3 is 0 Å². The van der Waals surface area contributed by atoms with Crippen molar-refractivity contribution in [3.05, 3.63) is 59.1 Å². The zero-order chi connectivity index (χ0) is 16.2. The highest BCUT2D eigenvalue weighted by atomic mass is 32.1. The number of hydrogen-bond acceptors (Lipinski definition) is 4. The van der Waals surface area contributed by atoms with E-state index in [1.807, 2.05) is 56.3 Å². The first kappa shape index (κ1) is 15.6. The van der Waals surface area contributed by atoms with E-state index >= 15 is 0 Å². The summed E-state index contributed by atoms with van der Waals surface area (Å²) in [5.74, 6) is 0. The van der Waals surface area contributed by atoms with Crippen LogP contribution in [0.4, 0.5) is 5.69 Å². The lowest BCUT2D eigenvalue weighted by atomic mass is 10.2. The number of fused-ring (bicyclic) bond motifs is 1. The average Bonchev–Trinajstić information content (AvgIpc) is 2.99. The average molecular weight is 340 g/mol. The van der Waals surface area contributed by atoms with Crippen LogP contribution < -0.4 is 10.7 Å². The number of rotatable bonds is 3. The van der Waals surface area contributed by atoms with Gasteiger partial charge in [0.05, 0.1) is 15.9 Å². The van der Waals surface area contributed by atoms with Crippen molar-refractivity contribution in [3.63, 3.8) is 0 Å². The minimum absolute atomic E-state index is 0.458. The number of hydrazone groups is 1. The van der Waals surface area contributed by atoms with Gasteiger partial charge in [0, 0.05) is 5.69 Å². The van der Waals surface area contributed by atoms with Gasteiger partial charge in [-0.3, -0.25) is 5.43 Å². The molecule has 3 rings (SSSR count). The van der Waals surface area contributed by atoms with Crippen LogP contribution in [0.2, 0.25) is 0 Å². The number of nitrogens with zero attached hydrogens (tertiary/aromatic N) is 2. The van der Waals surface area contributed by atoms with E-state index in [1.165, 1.54) is 0 Å². The van der Waals surface area contributed by atoms with Crippen molar-refractivity contribution in [1.82, 2.24) is 10.4 Å². The number of aryl methyl sites for hydroxylation is 1. The Morgan fingerprint density at radius 2 is 1.87 bits per heavy atom. The van der Waals surface area contributed by atoms with Gasteiger partial charge in [0.2, 0.25) is 0 Å². The Morgan fingerprint density at radius 3 is 2.65 bits per heavy atom. The molecule has 0 unspecified atom stereocenters. The summed E-state index contributed by atoms with van der Waals surface area (Å²) >= 11 is 6.90. The second-order valence-electron chi connectivity index (χ2n) is 5.06. The SMILES string of the molecule is C/C(=N/NC(=S)Nc1ccccc1C)c1nc2ccccc2s1. The minimum Gasteiger partial charge on any atom is -0.331 e. The number of thiocarbonyl (C=S) groups is 1. The molecule has 4 nitrogen and oxygen atoms in total. The van der Waals surface area contributed by atoms with E-state index < -0.39 is 0 Å². The smallest absolute Gasteiger partial charge is 0.191 e. The Hall–Kier alpha value is -2.31. The Bertz CT molecular complexity index is 850. The maximum absolute atomic E-state index is 5.28. The van der Waals surface area contributed by atoms with Gasteiger partial charge in [-0.1, -0.05) is 30.3 Å². The molecule has 0 amide bonds. The number of benzene rings is 2. The molecule has 116 valence electrons. The van der Waals surface area contributed by atoms with E-state index in [0.717, 1.165) is 32.2 Å². The van der Waals surface area contributed by atoms with Gasteiger partial charge in [0.25, 0.3) is 0 Å². The predicted molar refractivity (Wildman–Crippen MR) is 102 cm³/mol. The zero-order valence-corrected chi connectivity index (χ0v) is 14.5. The van der Waals surface area contributed by atoms with Crippen molar-refractivity contribution < 1.29 is 0 Å². The van der Waals surface area contributed by atoms with Crippen molar-refractivity contribution in [1.29, 1.82) is 0 Å². The first-order chi connectivity index (χ1) is 11.1. The van der Waals surface area contributed by atoms with Crippen molar-refractivity contribution in [2.45, 2.75) is 13.8 Å². The summed E-state index contributed by atoms with van der Waals surface area (Å²) in [5.41, 5.74) is 6.77. The van der Waals surface area contributed by atoms with E-state index in [1.54, 1.807) is 11.3 Å². The quantitative estimate of drug-likeness (QED) is 0.424. The van der Waals surface area contributed by atoms with Crippen molar-refractivity contribution in [2.24, 2.45) is 5.10 Å². The zero-order valence-electron chi connectivity index (χ0n) is 12.8. The first-order valence-corrected chi connectivity index (χ1v) is 8.39. The fraction of sp³-hybridized carbons (Fsp3) is 0.118. The minimum atomic E-state index is 0.458. The topological polar surface area (TPSA) is 49.3 Å². The summed E-state index contributed by atoms with van der Waals surface area (Å²) in [6, 6.07) is 16.0. The predicted octanol–water partition coefficient (Wildman–Crippen LogP) is 4.32. The normalized spacial score (nSPS) is 11.5. The first-order valence-electron chi connectivity index (χ1n) is 7.16. The molecule has 0 radical (unpaired) electrons. The van der Waals surface area contributed by atoms with Gasteiger partial charge in [-0.2, -0.15) is 5.10 Å². The van der Waals surface area contributed by atoms with E-state index in [4.69, 9.17) is 12.2 Å². The van der Waals surface area contributed by atoms with E-state index in [-0.39, 0.29) is 0 Å². The Labute approximate surface area is 144 Å². The van der Waals surface area contributed by atoms with Crippen LogP contribution in [0.5, 0.6) is 0 Å². The largest absolute Gasteiger partial charge is 0.331 e. The molecule has 0 aliphatic heterocycles. The summed E-state index contributed by atoms with van der Waals surface area (Å²) in [7, 11) is 0. The standard InChI is InChI=1S/C17H16N4S2/c1-11-7-3-4-8-13(11)19-17(22)21-20-12(2)16-18-14-9-5-6-10-15(14)23-16/h3-10H,1-2H3,(H2,19,21,22)/b20-12-. The van der Waals surface area contributed by atoms with Gasteiger partial charge in [-0.05, 0) is 49.8 Å². The molecule has 2 aromatic carbocycles. The Kier molecular flexibility index (Phi) is 4.64. The van der Waals surface area contributed by atoms with Gasteiger partial charge in [-0.25, -0.2) is 4.98 Å². The highest BCUT2D eigenvalue weighted by Gasteiger charge is 2.06. The molecule has 0 atom stereocenters. The third kappa shape index (κ3) is 3.72. The molecule has 1 heterocycles. The summed E-state index contributed by atoms with van der Waals surface area (Å²) in [4.78, 5) is 4.57. The van der Waals surface area contributed by atoms with Crippen LogP contribution in [0.15, 0.2) is 53.6 Å². The number of anilines is 1. The van der Waals surface area contributed by atoms with Gasteiger partial charge in [0.1, 0.15) is 5.01 Å². The summed E-state index contributed by atoms with van der Waals surface area (Å²) in [6.07, 6.45) is 0. The van der Waals surface area contributed by atoms with Crippen molar-refractivity contribution in [3.8, 4) is 0 Å². The second-order valence-corrected chi connectivity index (χ2v) is 6.50. The molecule has 0 saturated carbocycles. The lowest BCUT2D eigenvalue weighted by Crippen LogP contribution is -2.25. The van der Waals surface area contributed by atoms with Crippen molar-refractivity contribution in [2.75, 3.05) is 5.32 Å². The molecule has 6 heteroatoms. The summed E-state index contributed by atoms with van der Waals surface area (Å²) in [5, 5.41) is 8.81.